The van der Waals surface area contributed by atoms with Gasteiger partial charge in [0.15, 0.2) is 6.10 Å². The summed E-state index contributed by atoms with van der Waals surface area (Å²) in [5, 5.41) is 3.24. The van der Waals surface area contributed by atoms with Crippen LogP contribution in [0, 0.1) is 0 Å². The van der Waals surface area contributed by atoms with E-state index in [4.69, 9.17) is 27.9 Å². The molecule has 9 heteroatoms. The van der Waals surface area contributed by atoms with Crippen LogP contribution >= 0.6 is 23.2 Å². The fraction of sp³-hybridized carbons (Fsp3) is 0.0833. The fourth-order valence-electron chi connectivity index (χ4n) is 3.28. The number of ether oxygens (including phenoxy) is 1. The standard InChI is InChI=1S/C24H16Cl2N2O5/c1-13(21(29)27-20-11-8-15(25)12-19(20)26)33-24(32)14-6-9-16(10-7-14)28-22(30)17-4-2-3-5-18(17)23(28)31/h2-13H,1H3,(H,27,29)/t13-/m1/s1. The number of anilines is 2. The SMILES string of the molecule is C[C@@H](OC(=O)c1ccc(N2C(=O)c3ccccc3C2=O)cc1)C(=O)Nc1ccc(Cl)cc1Cl. The van der Waals surface area contributed by atoms with Crippen molar-refractivity contribution in [1.29, 1.82) is 0 Å². The number of nitrogens with one attached hydrogen (secondary N) is 1. The van der Waals surface area contributed by atoms with Crippen molar-refractivity contribution in [2.75, 3.05) is 10.2 Å². The number of esters is 1. The Morgan fingerprint density at radius 1 is 0.909 bits per heavy atom. The van der Waals surface area contributed by atoms with Gasteiger partial charge in [-0.15, -0.1) is 0 Å². The van der Waals surface area contributed by atoms with E-state index < -0.39 is 29.8 Å². The van der Waals surface area contributed by atoms with Gasteiger partial charge in [-0.2, -0.15) is 0 Å². The Kier molecular flexibility index (Phi) is 6.18. The number of nitrogens with zero attached hydrogens (tertiary/aromatic N) is 1. The smallest absolute Gasteiger partial charge is 0.338 e. The fourth-order valence-corrected chi connectivity index (χ4v) is 3.73. The number of hydrogen-bond acceptors (Lipinski definition) is 5. The van der Waals surface area contributed by atoms with Crippen molar-refractivity contribution in [2.24, 2.45) is 0 Å². The normalized spacial score (nSPS) is 13.5. The number of carbonyl (C=O) groups excluding carboxylic acids is 4. The summed E-state index contributed by atoms with van der Waals surface area (Å²) >= 11 is 11.9. The summed E-state index contributed by atoms with van der Waals surface area (Å²) in [4.78, 5) is 51.1. The first-order valence-electron chi connectivity index (χ1n) is 9.81. The number of imide groups is 1. The van der Waals surface area contributed by atoms with E-state index in [0.29, 0.717) is 27.5 Å². The number of amides is 3. The van der Waals surface area contributed by atoms with Crippen molar-refractivity contribution in [3.8, 4) is 0 Å². The van der Waals surface area contributed by atoms with Crippen molar-refractivity contribution < 1.29 is 23.9 Å². The van der Waals surface area contributed by atoms with Crippen molar-refractivity contribution >= 4 is 58.3 Å². The molecule has 4 rings (SSSR count). The molecule has 0 saturated heterocycles. The highest BCUT2D eigenvalue weighted by molar-refractivity contribution is 6.37. The van der Waals surface area contributed by atoms with Gasteiger partial charge in [0.1, 0.15) is 0 Å². The second-order valence-corrected chi connectivity index (χ2v) is 8.04. The zero-order valence-corrected chi connectivity index (χ0v) is 18.7. The van der Waals surface area contributed by atoms with Gasteiger partial charge in [-0.25, -0.2) is 9.69 Å². The molecule has 0 radical (unpaired) electrons. The van der Waals surface area contributed by atoms with Crippen molar-refractivity contribution in [1.82, 2.24) is 0 Å². The van der Waals surface area contributed by atoms with E-state index >= 15 is 0 Å². The van der Waals surface area contributed by atoms with Gasteiger partial charge in [0.2, 0.25) is 0 Å². The van der Waals surface area contributed by atoms with E-state index in [2.05, 4.69) is 5.32 Å². The van der Waals surface area contributed by atoms with Gasteiger partial charge in [0.05, 0.1) is 33.1 Å². The van der Waals surface area contributed by atoms with E-state index in [0.717, 1.165) is 4.90 Å². The lowest BCUT2D eigenvalue weighted by Gasteiger charge is -2.16. The Labute approximate surface area is 198 Å². The molecule has 166 valence electrons. The maximum atomic E-state index is 12.6. The van der Waals surface area contributed by atoms with Gasteiger partial charge in [-0.3, -0.25) is 14.4 Å². The molecular weight excluding hydrogens is 467 g/mol. The van der Waals surface area contributed by atoms with E-state index in [1.807, 2.05) is 0 Å². The zero-order valence-electron chi connectivity index (χ0n) is 17.2. The molecule has 0 spiro atoms. The number of hydrogen-bond donors (Lipinski definition) is 1. The number of rotatable bonds is 5. The number of halogens is 2. The summed E-state index contributed by atoms with van der Waals surface area (Å²) in [6, 6.07) is 16.9. The molecule has 1 atom stereocenters. The molecule has 0 saturated carbocycles. The summed E-state index contributed by atoms with van der Waals surface area (Å²) in [7, 11) is 0. The van der Waals surface area contributed by atoms with Gasteiger partial charge in [0, 0.05) is 5.02 Å². The molecule has 1 N–H and O–H groups in total. The number of fused-ring (bicyclic) bond motifs is 1. The summed E-state index contributed by atoms with van der Waals surface area (Å²) in [6.45, 7) is 1.42. The molecule has 1 heterocycles. The Morgan fingerprint density at radius 2 is 1.52 bits per heavy atom. The van der Waals surface area contributed by atoms with Crippen LogP contribution in [0.15, 0.2) is 66.7 Å². The minimum atomic E-state index is -1.11. The maximum absolute atomic E-state index is 12.6. The van der Waals surface area contributed by atoms with Crippen molar-refractivity contribution in [3.63, 3.8) is 0 Å². The largest absolute Gasteiger partial charge is 0.449 e. The van der Waals surface area contributed by atoms with Crippen LogP contribution in [-0.4, -0.2) is 29.8 Å². The number of benzene rings is 3. The second-order valence-electron chi connectivity index (χ2n) is 7.20. The van der Waals surface area contributed by atoms with E-state index in [9.17, 15) is 19.2 Å². The summed E-state index contributed by atoms with van der Waals surface area (Å²) in [5.74, 6) is -2.18. The van der Waals surface area contributed by atoms with Crippen LogP contribution in [0.2, 0.25) is 10.0 Å². The molecule has 0 aromatic heterocycles. The Hall–Kier alpha value is -3.68. The first-order chi connectivity index (χ1) is 15.8. The lowest BCUT2D eigenvalue weighted by Crippen LogP contribution is -2.30. The highest BCUT2D eigenvalue weighted by atomic mass is 35.5. The molecule has 3 aromatic rings. The average Bonchev–Trinajstić information content (AvgIpc) is 3.06. The monoisotopic (exact) mass is 482 g/mol. The quantitative estimate of drug-likeness (QED) is 0.408. The topological polar surface area (TPSA) is 92.8 Å². The minimum Gasteiger partial charge on any atom is -0.449 e. The Balaban J connectivity index is 1.42. The van der Waals surface area contributed by atoms with Crippen LogP contribution in [0.25, 0.3) is 0 Å². The molecule has 33 heavy (non-hydrogen) atoms. The van der Waals surface area contributed by atoms with Crippen LogP contribution in [0.1, 0.15) is 38.0 Å². The molecule has 3 amide bonds. The third-order valence-electron chi connectivity index (χ3n) is 5.00. The van der Waals surface area contributed by atoms with Crippen LogP contribution in [-0.2, 0) is 9.53 Å². The average molecular weight is 483 g/mol. The van der Waals surface area contributed by atoms with Gasteiger partial charge in [0.25, 0.3) is 17.7 Å². The Morgan fingerprint density at radius 3 is 2.09 bits per heavy atom. The molecule has 0 fully saturated rings. The third kappa shape index (κ3) is 4.46. The molecule has 1 aliphatic rings. The van der Waals surface area contributed by atoms with Gasteiger partial charge >= 0.3 is 5.97 Å². The summed E-state index contributed by atoms with van der Waals surface area (Å²) in [5.41, 5.74) is 1.46. The minimum absolute atomic E-state index is 0.152. The molecule has 7 nitrogen and oxygen atoms in total. The molecular formula is C24H16Cl2N2O5. The van der Waals surface area contributed by atoms with Crippen LogP contribution in [0.3, 0.4) is 0 Å². The summed E-state index contributed by atoms with van der Waals surface area (Å²) in [6.07, 6.45) is -1.11. The molecule has 3 aromatic carbocycles. The molecule has 1 aliphatic heterocycles. The molecule has 0 bridgehead atoms. The lowest BCUT2D eigenvalue weighted by atomic mass is 10.1. The zero-order chi connectivity index (χ0) is 23.7. The lowest BCUT2D eigenvalue weighted by molar-refractivity contribution is -0.123. The first kappa shape index (κ1) is 22.5. The molecule has 0 unspecified atom stereocenters. The van der Waals surface area contributed by atoms with Gasteiger partial charge < -0.3 is 10.1 Å². The van der Waals surface area contributed by atoms with E-state index in [1.165, 1.54) is 43.3 Å². The van der Waals surface area contributed by atoms with Crippen LogP contribution in [0.4, 0.5) is 11.4 Å². The van der Waals surface area contributed by atoms with Gasteiger partial charge in [-0.1, -0.05) is 35.3 Å². The highest BCUT2D eigenvalue weighted by Crippen LogP contribution is 2.29. The Bertz CT molecular complexity index is 1260. The second kappa shape index (κ2) is 9.05. The van der Waals surface area contributed by atoms with Crippen LogP contribution in [0.5, 0.6) is 0 Å². The first-order valence-corrected chi connectivity index (χ1v) is 10.6. The molecule has 0 aliphatic carbocycles. The van der Waals surface area contributed by atoms with E-state index in [-0.39, 0.29) is 10.6 Å². The predicted octanol–water partition coefficient (Wildman–Crippen LogP) is 4.98. The predicted molar refractivity (Wildman–Crippen MR) is 124 cm³/mol. The highest BCUT2D eigenvalue weighted by Gasteiger charge is 2.36. The van der Waals surface area contributed by atoms with Crippen molar-refractivity contribution in [3.05, 3.63) is 93.5 Å². The van der Waals surface area contributed by atoms with Crippen LogP contribution < -0.4 is 10.2 Å². The number of carbonyl (C=O) groups is 4. The third-order valence-corrected chi connectivity index (χ3v) is 5.55. The van der Waals surface area contributed by atoms with E-state index in [1.54, 1.807) is 30.3 Å². The maximum Gasteiger partial charge on any atom is 0.338 e. The van der Waals surface area contributed by atoms with Gasteiger partial charge in [-0.05, 0) is 61.5 Å². The summed E-state index contributed by atoms with van der Waals surface area (Å²) < 4.78 is 5.22. The van der Waals surface area contributed by atoms with Crippen molar-refractivity contribution in [2.45, 2.75) is 13.0 Å².